The van der Waals surface area contributed by atoms with Gasteiger partial charge in [0, 0.05) is 62.2 Å². The number of rotatable bonds is 16. The third-order valence-corrected chi connectivity index (χ3v) is 15.3. The molecule has 1 saturated heterocycles. The van der Waals surface area contributed by atoms with Gasteiger partial charge in [-0.15, -0.1) is 21.5 Å². The zero-order valence-electron chi connectivity index (χ0n) is 41.6. The molecular formula is C54H54Cl3F2N9O5S. The van der Waals surface area contributed by atoms with E-state index in [-0.39, 0.29) is 83.2 Å². The van der Waals surface area contributed by atoms with Crippen molar-refractivity contribution in [3.05, 3.63) is 155 Å². The Balaban J connectivity index is 0.893. The molecule has 20 heteroatoms. The highest BCUT2D eigenvalue weighted by Gasteiger charge is 2.61. The molecule has 3 amide bonds. The normalized spacial score (nSPS) is 19.1. The largest absolute Gasteiger partial charge is 0.495 e. The number of hydrogen-bond acceptors (Lipinski definition) is 11. The summed E-state index contributed by atoms with van der Waals surface area (Å²) in [5, 5.41) is 33.3. The minimum Gasteiger partial charge on any atom is -0.495 e. The van der Waals surface area contributed by atoms with E-state index in [0.29, 0.717) is 16.7 Å². The number of ether oxygens (including phenoxy) is 2. The Hall–Kier alpha value is -6.26. The molecule has 5 atom stereocenters. The number of anilines is 1. The van der Waals surface area contributed by atoms with Crippen molar-refractivity contribution in [2.75, 3.05) is 38.7 Å². The summed E-state index contributed by atoms with van der Waals surface area (Å²) in [4.78, 5) is 47.6. The second-order valence-corrected chi connectivity index (χ2v) is 21.9. The number of halogens is 5. The van der Waals surface area contributed by atoms with Crippen LogP contribution in [0.1, 0.15) is 100 Å². The van der Waals surface area contributed by atoms with E-state index in [1.54, 1.807) is 11.3 Å². The zero-order valence-corrected chi connectivity index (χ0v) is 44.7. The van der Waals surface area contributed by atoms with Crippen LogP contribution >= 0.6 is 46.1 Å². The van der Waals surface area contributed by atoms with E-state index in [9.17, 15) is 19.6 Å². The van der Waals surface area contributed by atoms with Gasteiger partial charge >= 0.3 is 0 Å². The van der Waals surface area contributed by atoms with E-state index in [1.807, 2.05) is 56.5 Å². The van der Waals surface area contributed by atoms with E-state index in [4.69, 9.17) is 49.3 Å². The first kappa shape index (κ1) is 54.0. The molecule has 2 aliphatic heterocycles. The number of nitriles is 1. The molecule has 2 aromatic heterocycles. The molecule has 0 unspecified atom stereocenters. The fourth-order valence-corrected chi connectivity index (χ4v) is 11.5. The maximum atomic E-state index is 16.2. The van der Waals surface area contributed by atoms with Crippen molar-refractivity contribution in [3.8, 4) is 16.8 Å². The number of carbonyl (C=O) groups is 3. The summed E-state index contributed by atoms with van der Waals surface area (Å²) in [6.07, 6.45) is 0.295. The number of carbonyl (C=O) groups excluding carboxylic acids is 3. The number of methoxy groups -OCH3 is 1. The van der Waals surface area contributed by atoms with E-state index >= 15 is 8.78 Å². The molecule has 0 bridgehead atoms. The molecule has 4 heterocycles. The average Bonchev–Trinajstić information content (AvgIpc) is 3.96. The van der Waals surface area contributed by atoms with E-state index < -0.39 is 58.3 Å². The molecule has 1 fully saturated rings. The molecule has 4 aromatic carbocycles. The number of hydrogen-bond donors (Lipinski definition) is 4. The monoisotopic (exact) mass is 1080 g/mol. The maximum Gasteiger partial charge on any atom is 0.251 e. The summed E-state index contributed by atoms with van der Waals surface area (Å²) in [7, 11) is 1.37. The van der Waals surface area contributed by atoms with Gasteiger partial charge in [0.25, 0.3) is 5.91 Å². The highest BCUT2D eigenvalue weighted by molar-refractivity contribution is 7.15. The Bertz CT molecular complexity index is 3210. The van der Waals surface area contributed by atoms with E-state index in [2.05, 4.69) is 51.4 Å². The average molecular weight is 1090 g/mol. The van der Waals surface area contributed by atoms with Crippen molar-refractivity contribution in [1.29, 1.82) is 5.26 Å². The second-order valence-electron chi connectivity index (χ2n) is 19.4. The van der Waals surface area contributed by atoms with Crippen LogP contribution in [0.25, 0.3) is 5.00 Å². The van der Waals surface area contributed by atoms with Crippen molar-refractivity contribution in [1.82, 2.24) is 30.7 Å². The minimum atomic E-state index is -1.83. The molecule has 14 nitrogen and oxygen atoms in total. The quantitative estimate of drug-likeness (QED) is 0.0685. The number of aliphatic imine (C=N–C) groups is 1. The Kier molecular flexibility index (Phi) is 16.3. The number of nitrogens with zero attached hydrogens (tertiary/aromatic N) is 5. The summed E-state index contributed by atoms with van der Waals surface area (Å²) in [5.74, 6) is -2.92. The maximum absolute atomic E-state index is 16.2. The lowest BCUT2D eigenvalue weighted by Gasteiger charge is -2.37. The van der Waals surface area contributed by atoms with Gasteiger partial charge in [-0.3, -0.25) is 23.9 Å². The van der Waals surface area contributed by atoms with Gasteiger partial charge in [-0.2, -0.15) is 5.26 Å². The van der Waals surface area contributed by atoms with Crippen LogP contribution in [0.2, 0.25) is 15.1 Å². The third kappa shape index (κ3) is 10.9. The number of aryl methyl sites for hydroxylation is 2. The molecule has 2 aliphatic rings. The number of nitrogens with one attached hydrogen (secondary N) is 4. The molecule has 6 aromatic rings. The predicted octanol–water partition coefficient (Wildman–Crippen LogP) is 10.3. The lowest BCUT2D eigenvalue weighted by atomic mass is 9.62. The van der Waals surface area contributed by atoms with Crippen molar-refractivity contribution in [3.63, 3.8) is 0 Å². The Morgan fingerprint density at radius 2 is 1.65 bits per heavy atom. The molecule has 0 radical (unpaired) electrons. The molecular weight excluding hydrogens is 1030 g/mol. The van der Waals surface area contributed by atoms with Crippen LogP contribution in [-0.2, 0) is 19.7 Å². The Morgan fingerprint density at radius 1 is 0.932 bits per heavy atom. The highest BCUT2D eigenvalue weighted by atomic mass is 35.5. The van der Waals surface area contributed by atoms with Gasteiger partial charge in [0.15, 0.2) is 5.82 Å². The standard InChI is InChI=1S/C54H54Cl3F2N9O5S/c1-28-29(2)74-52-44(28)47(31-11-14-33(55)15-12-31)63-40(49-67-66-30(3)68(49)52)25-43(69)61-19-21-73-22-20-62-50(70)32-13-18-39(41(23-32)72-7)64-51(71)48-45(35-9-8-10-37(57)46(35)59)54(27-60,42(65-48)26-53(4,5)6)36-17-16-34(56)24-38(36)58/h8-18,23-24,40,42,45,48,65H,19-22,25-26H2,1-7H3,(H,61,69)(H,62,70)(H,64,71)/t40-,42+,45+,48-,54+/m0/s1. The summed E-state index contributed by atoms with van der Waals surface area (Å²) in [6.45, 7) is 12.5. The lowest BCUT2D eigenvalue weighted by Crippen LogP contribution is -2.45. The summed E-state index contributed by atoms with van der Waals surface area (Å²) < 4.78 is 45.6. The van der Waals surface area contributed by atoms with Crippen molar-refractivity contribution >= 4 is 75.3 Å². The topological polar surface area (TPSA) is 185 Å². The van der Waals surface area contributed by atoms with E-state index in [0.717, 1.165) is 38.3 Å². The fourth-order valence-electron chi connectivity index (χ4n) is 9.79. The minimum absolute atomic E-state index is 0.0104. The first-order valence-corrected chi connectivity index (χ1v) is 25.8. The number of aromatic nitrogens is 3. The molecule has 8 rings (SSSR count). The molecule has 4 N–H and O–H groups in total. The van der Waals surface area contributed by atoms with Crippen LogP contribution in [0.4, 0.5) is 14.5 Å². The van der Waals surface area contributed by atoms with Crippen LogP contribution in [0.15, 0.2) is 83.9 Å². The number of benzene rings is 4. The van der Waals surface area contributed by atoms with Gasteiger partial charge in [-0.05, 0) is 92.3 Å². The van der Waals surface area contributed by atoms with Gasteiger partial charge < -0.3 is 30.7 Å². The molecule has 0 aliphatic carbocycles. The van der Waals surface area contributed by atoms with Gasteiger partial charge in [0.05, 0.1) is 55.3 Å². The van der Waals surface area contributed by atoms with Gasteiger partial charge in [-0.25, -0.2) is 8.78 Å². The van der Waals surface area contributed by atoms with Crippen molar-refractivity contribution in [2.45, 2.75) is 83.8 Å². The molecule has 386 valence electrons. The van der Waals surface area contributed by atoms with E-state index in [1.165, 1.54) is 55.6 Å². The highest BCUT2D eigenvalue weighted by Crippen LogP contribution is 2.53. The van der Waals surface area contributed by atoms with Gasteiger partial charge in [-0.1, -0.05) is 85.9 Å². The third-order valence-electron chi connectivity index (χ3n) is 13.3. The lowest BCUT2D eigenvalue weighted by molar-refractivity contribution is -0.121. The zero-order chi connectivity index (χ0) is 53.2. The summed E-state index contributed by atoms with van der Waals surface area (Å²) >= 11 is 20.3. The second kappa shape index (κ2) is 22.3. The number of fused-ring (bicyclic) bond motifs is 3. The molecule has 74 heavy (non-hydrogen) atoms. The van der Waals surface area contributed by atoms with Crippen molar-refractivity contribution in [2.24, 2.45) is 10.4 Å². The first-order valence-electron chi connectivity index (χ1n) is 23.8. The smallest absolute Gasteiger partial charge is 0.251 e. The molecule has 0 spiro atoms. The SMILES string of the molecule is COc1cc(C(=O)NCCOCCNC(=O)C[C@@H]2N=C(c3ccc(Cl)cc3)c3c(sc(C)c3C)-n3c(C)nnc32)ccc1NC(=O)[C@H]1N[C@H](CC(C)(C)C)[C@@](C#N)(c2ccc(Cl)cc2F)[C@@H]1c1cccc(Cl)c1F. The van der Waals surface area contributed by atoms with Crippen LogP contribution in [0, 0.1) is 49.2 Å². The van der Waals surface area contributed by atoms with Gasteiger partial charge in [0.1, 0.15) is 39.7 Å². The summed E-state index contributed by atoms with van der Waals surface area (Å²) in [6, 6.07) is 19.7. The van der Waals surface area contributed by atoms with Crippen LogP contribution in [0.3, 0.4) is 0 Å². The van der Waals surface area contributed by atoms with Crippen molar-refractivity contribution < 1.29 is 32.6 Å². The van der Waals surface area contributed by atoms with Crippen LogP contribution < -0.4 is 26.0 Å². The number of thiophene rings is 1. The summed E-state index contributed by atoms with van der Waals surface area (Å²) in [5.41, 5.74) is 1.68. The van der Waals surface area contributed by atoms with Gasteiger partial charge in [0.2, 0.25) is 11.8 Å². The Labute approximate surface area is 446 Å². The first-order chi connectivity index (χ1) is 35.3. The molecule has 0 saturated carbocycles. The Morgan fingerprint density at radius 3 is 2.34 bits per heavy atom. The number of amides is 3. The van der Waals surface area contributed by atoms with Crippen LogP contribution in [0.5, 0.6) is 5.75 Å². The fraction of sp³-hybridized carbons (Fsp3) is 0.352. The van der Waals surface area contributed by atoms with Crippen LogP contribution in [-0.4, -0.2) is 83.7 Å². The predicted molar refractivity (Wildman–Crippen MR) is 283 cm³/mol.